The highest BCUT2D eigenvalue weighted by molar-refractivity contribution is 5.77. The molecular weight excluding hydrogens is 328 g/mol. The topological polar surface area (TPSA) is 76.1 Å². The van der Waals surface area contributed by atoms with Crippen LogP contribution in [-0.2, 0) is 11.3 Å². The molecule has 0 radical (unpaired) electrons. The quantitative estimate of drug-likeness (QED) is 0.687. The van der Waals surface area contributed by atoms with Gasteiger partial charge in [0.05, 0.1) is 5.69 Å². The van der Waals surface area contributed by atoms with E-state index in [1.807, 2.05) is 66.7 Å². The number of likely N-dealkylation sites (N-methyl/N-ethyl adjacent to an activating group) is 1. The first-order valence-electron chi connectivity index (χ1n) is 8.30. The number of carbonyl (C=O) groups excluding carboxylic acids is 1. The maximum absolute atomic E-state index is 11.4. The van der Waals surface area contributed by atoms with Gasteiger partial charge in [0.15, 0.2) is 6.61 Å². The van der Waals surface area contributed by atoms with E-state index in [0.717, 1.165) is 16.8 Å². The number of nitrogens with zero attached hydrogens (tertiary/aromatic N) is 2. The Balaban J connectivity index is 1.63. The van der Waals surface area contributed by atoms with Gasteiger partial charge in [-0.1, -0.05) is 48.5 Å². The predicted octanol–water partition coefficient (Wildman–Crippen LogP) is 2.88. The molecule has 26 heavy (non-hydrogen) atoms. The largest absolute Gasteiger partial charge is 0.483 e. The third kappa shape index (κ3) is 4.57. The second kappa shape index (κ2) is 8.62. The van der Waals surface area contributed by atoms with Crippen molar-refractivity contribution >= 4 is 11.7 Å². The molecule has 3 rings (SSSR count). The minimum absolute atomic E-state index is 0.0148. The van der Waals surface area contributed by atoms with E-state index in [4.69, 9.17) is 4.74 Å². The third-order valence-electron chi connectivity index (χ3n) is 3.80. The number of para-hydroxylation sites is 1. The molecule has 0 saturated carbocycles. The zero-order chi connectivity index (χ0) is 18.2. The van der Waals surface area contributed by atoms with Crippen molar-refractivity contribution in [3.8, 4) is 17.0 Å². The molecule has 0 aliphatic rings. The lowest BCUT2D eigenvalue weighted by Gasteiger charge is -2.12. The first-order chi connectivity index (χ1) is 12.8. The lowest BCUT2D eigenvalue weighted by molar-refractivity contribution is -0.122. The molecule has 0 atom stereocenters. The molecule has 3 aromatic rings. The second-order valence-electron chi connectivity index (χ2n) is 5.59. The summed E-state index contributed by atoms with van der Waals surface area (Å²) in [7, 11) is 1.58. The Morgan fingerprint density at radius 1 is 0.962 bits per heavy atom. The van der Waals surface area contributed by atoms with E-state index in [-0.39, 0.29) is 12.5 Å². The number of amides is 1. The third-order valence-corrected chi connectivity index (χ3v) is 3.80. The van der Waals surface area contributed by atoms with Crippen molar-refractivity contribution in [2.75, 3.05) is 19.0 Å². The number of hydrogen-bond donors (Lipinski definition) is 2. The zero-order valence-corrected chi connectivity index (χ0v) is 14.5. The van der Waals surface area contributed by atoms with Crippen molar-refractivity contribution in [3.05, 3.63) is 72.3 Å². The standard InChI is InChI=1S/C20H20N4O2/c1-21-20(25)14-26-18-10-6-5-9-16(18)13-22-19-12-11-17(23-24-19)15-7-3-2-4-8-15/h2-12H,13-14H2,1H3,(H,21,25)(H,22,24). The number of carbonyl (C=O) groups is 1. The van der Waals surface area contributed by atoms with E-state index in [1.165, 1.54) is 0 Å². The van der Waals surface area contributed by atoms with Gasteiger partial charge in [-0.25, -0.2) is 0 Å². The van der Waals surface area contributed by atoms with Gasteiger partial charge in [-0.3, -0.25) is 4.79 Å². The smallest absolute Gasteiger partial charge is 0.257 e. The van der Waals surface area contributed by atoms with Crippen LogP contribution in [0.2, 0.25) is 0 Å². The summed E-state index contributed by atoms with van der Waals surface area (Å²) in [6.45, 7) is 0.502. The summed E-state index contributed by atoms with van der Waals surface area (Å²) < 4.78 is 5.57. The molecule has 0 aliphatic carbocycles. The molecule has 0 aliphatic heterocycles. The minimum Gasteiger partial charge on any atom is -0.483 e. The van der Waals surface area contributed by atoms with E-state index in [9.17, 15) is 4.79 Å². The zero-order valence-electron chi connectivity index (χ0n) is 14.5. The van der Waals surface area contributed by atoms with E-state index in [2.05, 4.69) is 20.8 Å². The molecular formula is C20H20N4O2. The summed E-state index contributed by atoms with van der Waals surface area (Å²) in [5.74, 6) is 1.17. The number of ether oxygens (including phenoxy) is 1. The van der Waals surface area contributed by atoms with Crippen LogP contribution in [0.1, 0.15) is 5.56 Å². The predicted molar refractivity (Wildman–Crippen MR) is 101 cm³/mol. The highest BCUT2D eigenvalue weighted by atomic mass is 16.5. The maximum Gasteiger partial charge on any atom is 0.257 e. The number of aromatic nitrogens is 2. The Kier molecular flexibility index (Phi) is 5.77. The van der Waals surface area contributed by atoms with E-state index in [1.54, 1.807) is 7.05 Å². The molecule has 6 heteroatoms. The van der Waals surface area contributed by atoms with Crippen LogP contribution in [-0.4, -0.2) is 29.8 Å². The molecule has 0 fully saturated rings. The number of nitrogens with one attached hydrogen (secondary N) is 2. The first-order valence-corrected chi connectivity index (χ1v) is 8.30. The molecule has 0 bridgehead atoms. The van der Waals surface area contributed by atoms with Gasteiger partial charge in [-0.15, -0.1) is 10.2 Å². The minimum atomic E-state index is -0.171. The van der Waals surface area contributed by atoms with Gasteiger partial charge in [-0.2, -0.15) is 0 Å². The summed E-state index contributed by atoms with van der Waals surface area (Å²) in [4.78, 5) is 11.4. The van der Waals surface area contributed by atoms with Gasteiger partial charge in [0.1, 0.15) is 11.6 Å². The molecule has 6 nitrogen and oxygen atoms in total. The molecule has 1 aromatic heterocycles. The molecule has 1 amide bonds. The van der Waals surface area contributed by atoms with Gasteiger partial charge in [0.2, 0.25) is 0 Å². The average molecular weight is 348 g/mol. The van der Waals surface area contributed by atoms with E-state index in [0.29, 0.717) is 18.1 Å². The van der Waals surface area contributed by atoms with Crippen molar-refractivity contribution in [2.24, 2.45) is 0 Å². The maximum atomic E-state index is 11.4. The fraction of sp³-hybridized carbons (Fsp3) is 0.150. The van der Waals surface area contributed by atoms with Crippen LogP contribution in [0.15, 0.2) is 66.7 Å². The van der Waals surface area contributed by atoms with E-state index >= 15 is 0 Å². The lowest BCUT2D eigenvalue weighted by atomic mass is 10.1. The summed E-state index contributed by atoms with van der Waals surface area (Å²) in [6, 6.07) is 21.3. The fourth-order valence-electron chi connectivity index (χ4n) is 2.38. The van der Waals surface area contributed by atoms with Gasteiger partial charge in [0, 0.05) is 24.7 Å². The SMILES string of the molecule is CNC(=O)COc1ccccc1CNc1ccc(-c2ccccc2)nn1. The van der Waals surface area contributed by atoms with Crippen LogP contribution in [0.5, 0.6) is 5.75 Å². The van der Waals surface area contributed by atoms with E-state index < -0.39 is 0 Å². The highest BCUT2D eigenvalue weighted by Crippen LogP contribution is 2.20. The second-order valence-corrected chi connectivity index (χ2v) is 5.59. The molecule has 0 unspecified atom stereocenters. The first kappa shape index (κ1) is 17.4. The summed E-state index contributed by atoms with van der Waals surface area (Å²) in [5.41, 5.74) is 2.79. The number of anilines is 1. The summed E-state index contributed by atoms with van der Waals surface area (Å²) >= 11 is 0. The molecule has 2 aromatic carbocycles. The van der Waals surface area contributed by atoms with Crippen LogP contribution in [0.4, 0.5) is 5.82 Å². The number of benzene rings is 2. The van der Waals surface area contributed by atoms with Crippen LogP contribution < -0.4 is 15.4 Å². The Hall–Kier alpha value is -3.41. The van der Waals surface area contributed by atoms with Crippen molar-refractivity contribution < 1.29 is 9.53 Å². The number of rotatable bonds is 7. The summed E-state index contributed by atoms with van der Waals surface area (Å²) in [5, 5.41) is 14.2. The van der Waals surface area contributed by atoms with Gasteiger partial charge in [0.25, 0.3) is 5.91 Å². The van der Waals surface area contributed by atoms with Gasteiger partial charge < -0.3 is 15.4 Å². The number of hydrogen-bond acceptors (Lipinski definition) is 5. The van der Waals surface area contributed by atoms with Crippen LogP contribution in [0.3, 0.4) is 0 Å². The van der Waals surface area contributed by atoms with Crippen molar-refractivity contribution in [1.29, 1.82) is 0 Å². The van der Waals surface area contributed by atoms with Gasteiger partial charge in [-0.05, 0) is 18.2 Å². The van der Waals surface area contributed by atoms with Crippen molar-refractivity contribution in [3.63, 3.8) is 0 Å². The van der Waals surface area contributed by atoms with Crippen LogP contribution in [0.25, 0.3) is 11.3 Å². The Bertz CT molecular complexity index is 851. The molecule has 0 spiro atoms. The fourth-order valence-corrected chi connectivity index (χ4v) is 2.38. The van der Waals surface area contributed by atoms with Crippen molar-refractivity contribution in [2.45, 2.75) is 6.54 Å². The Morgan fingerprint density at radius 2 is 1.73 bits per heavy atom. The monoisotopic (exact) mass is 348 g/mol. The van der Waals surface area contributed by atoms with Gasteiger partial charge >= 0.3 is 0 Å². The Morgan fingerprint density at radius 3 is 2.46 bits per heavy atom. The normalized spacial score (nSPS) is 10.2. The van der Waals surface area contributed by atoms with Crippen LogP contribution in [0, 0.1) is 0 Å². The molecule has 2 N–H and O–H groups in total. The molecule has 132 valence electrons. The molecule has 0 saturated heterocycles. The van der Waals surface area contributed by atoms with Crippen LogP contribution >= 0.6 is 0 Å². The Labute approximate surface area is 152 Å². The lowest BCUT2D eigenvalue weighted by Crippen LogP contribution is -2.25. The molecule has 1 heterocycles. The average Bonchev–Trinajstić information content (AvgIpc) is 2.72. The van der Waals surface area contributed by atoms with Crippen molar-refractivity contribution in [1.82, 2.24) is 15.5 Å². The summed E-state index contributed by atoms with van der Waals surface area (Å²) in [6.07, 6.45) is 0. The highest BCUT2D eigenvalue weighted by Gasteiger charge is 2.06.